The molecule has 0 unspecified atom stereocenters. The van der Waals surface area contributed by atoms with Crippen molar-refractivity contribution in [3.05, 3.63) is 112 Å². The first-order valence-electron chi connectivity index (χ1n) is 23.7. The fourth-order valence-corrected chi connectivity index (χ4v) is 14.9. The summed E-state index contributed by atoms with van der Waals surface area (Å²) in [6.07, 6.45) is 15.3. The fraction of sp³-hybridized carbons (Fsp3) is 0.491. The molecule has 316 valence electrons. The number of methoxy groups -OCH3 is 2. The summed E-state index contributed by atoms with van der Waals surface area (Å²) in [6.45, 7) is 8.97. The molecule has 61 heavy (non-hydrogen) atoms. The van der Waals surface area contributed by atoms with Gasteiger partial charge in [-0.05, 0) is 215 Å². The van der Waals surface area contributed by atoms with E-state index in [1.165, 1.54) is 126 Å². The third-order valence-corrected chi connectivity index (χ3v) is 16.3. The van der Waals surface area contributed by atoms with Gasteiger partial charge < -0.3 is 9.47 Å². The molecule has 0 amide bonds. The van der Waals surface area contributed by atoms with Crippen molar-refractivity contribution in [1.29, 1.82) is 0 Å². The molecule has 3 nitrogen and oxygen atoms in total. The third kappa shape index (κ3) is 7.51. The molecule has 1 heterocycles. The predicted octanol–water partition coefficient (Wildman–Crippen LogP) is 15.2. The van der Waals surface area contributed by atoms with Gasteiger partial charge in [0.1, 0.15) is 11.5 Å². The molecule has 8 bridgehead atoms. The topological polar surface area (TPSA) is 31.4 Å². The van der Waals surface area contributed by atoms with Crippen molar-refractivity contribution >= 4 is 0 Å². The third-order valence-electron chi connectivity index (χ3n) is 16.3. The van der Waals surface area contributed by atoms with Crippen molar-refractivity contribution in [2.45, 2.75) is 119 Å². The Morgan fingerprint density at radius 1 is 0.492 bits per heavy atom. The van der Waals surface area contributed by atoms with E-state index in [1.54, 1.807) is 0 Å². The zero-order valence-electron chi connectivity index (χ0n) is 38.2. The molecule has 13 rings (SSSR count). The molecule has 8 fully saturated rings. The van der Waals surface area contributed by atoms with Crippen molar-refractivity contribution in [2.24, 2.45) is 41.4 Å². The maximum atomic E-state index is 6.55. The van der Waals surface area contributed by atoms with E-state index in [4.69, 9.17) is 14.5 Å². The molecule has 4 heteroatoms. The van der Waals surface area contributed by atoms with Gasteiger partial charge in [-0.3, -0.25) is 0 Å². The Hall–Kier alpha value is -3.50. The molecule has 5 aromatic rings. The van der Waals surface area contributed by atoms with E-state index in [-0.39, 0.29) is 28.3 Å². The molecule has 0 atom stereocenters. The van der Waals surface area contributed by atoms with Crippen LogP contribution in [0.1, 0.15) is 110 Å². The number of benzene rings is 4. The average Bonchev–Trinajstić information content (AvgIpc) is 3.23. The number of rotatable bonds is 8. The Kier molecular flexibility index (Phi) is 11.3. The zero-order valence-corrected chi connectivity index (χ0v) is 41.8. The number of aryl methyl sites for hydroxylation is 4. The minimum absolute atomic E-state index is 0.0833. The number of ether oxygens (including phenoxy) is 2. The van der Waals surface area contributed by atoms with Crippen LogP contribution in [0.15, 0.2) is 78.9 Å². The van der Waals surface area contributed by atoms with Crippen molar-refractivity contribution in [3.63, 3.8) is 0 Å². The Labute approximate surface area is 378 Å². The number of hydrogen-bond donors (Lipinski definition) is 0. The summed E-state index contributed by atoms with van der Waals surface area (Å²) in [5, 5.41) is 0. The summed E-state index contributed by atoms with van der Waals surface area (Å²) in [7, 11) is 3.80. The fourth-order valence-electron chi connectivity index (χ4n) is 14.9. The van der Waals surface area contributed by atoms with Crippen LogP contribution in [0.2, 0.25) is 9.36 Å². The van der Waals surface area contributed by atoms with Gasteiger partial charge in [-0.15, -0.1) is 0 Å². The molecule has 0 aliphatic heterocycles. The van der Waals surface area contributed by atoms with Crippen molar-refractivity contribution in [3.8, 4) is 56.3 Å². The molecule has 0 radical (unpaired) electrons. The first-order chi connectivity index (χ1) is 29.6. The van der Waals surface area contributed by atoms with Crippen molar-refractivity contribution < 1.29 is 32.4 Å². The monoisotopic (exact) mass is 977 g/mol. The van der Waals surface area contributed by atoms with Crippen LogP contribution in [0.4, 0.5) is 0 Å². The molecule has 1 aromatic heterocycles. The molecule has 8 aliphatic carbocycles. The summed E-state index contributed by atoms with van der Waals surface area (Å²) in [6, 6.07) is 30.1. The quantitative estimate of drug-likeness (QED) is 0.145. The zero-order chi connectivity index (χ0) is 42.2. The van der Waals surface area contributed by atoms with E-state index < -0.39 is 0 Å². The van der Waals surface area contributed by atoms with Crippen LogP contribution in [-0.2, 0) is 28.3 Å². The number of nitrogens with zero attached hydrogens (tertiary/aromatic N) is 1. The van der Waals surface area contributed by atoms with Crippen LogP contribution in [-0.4, -0.2) is 19.2 Å². The van der Waals surface area contributed by atoms with Crippen LogP contribution in [0, 0.1) is 69.1 Å². The minimum atomic E-state index is 0.0833. The second-order valence-corrected chi connectivity index (χ2v) is 24.6. The summed E-state index contributed by atoms with van der Waals surface area (Å²) in [5.74, 6) is 8.83. The van der Waals surface area contributed by atoms with Gasteiger partial charge in [-0.2, -0.15) is 0 Å². The summed E-state index contributed by atoms with van der Waals surface area (Å²) in [5.41, 5.74) is 17.4. The van der Waals surface area contributed by atoms with Crippen LogP contribution in [0.5, 0.6) is 11.5 Å². The van der Waals surface area contributed by atoms with E-state index in [1.807, 2.05) is 14.2 Å². The number of pyridine rings is 1. The Balaban J connectivity index is 0.00000144. The van der Waals surface area contributed by atoms with Gasteiger partial charge in [-0.1, -0.05) is 53.6 Å². The first kappa shape index (κ1) is 41.5. The summed E-state index contributed by atoms with van der Waals surface area (Å²) < 4.78 is 17.7. The first-order valence-corrected chi connectivity index (χ1v) is 30.9. The molecular formula is C57H67HfNO2. The number of hydrogen-bond acceptors (Lipinski definition) is 3. The Morgan fingerprint density at radius 3 is 1.43 bits per heavy atom. The molecule has 8 aliphatic rings. The predicted molar refractivity (Wildman–Crippen MR) is 249 cm³/mol. The summed E-state index contributed by atoms with van der Waals surface area (Å²) >= 11 is 0.0833. The maximum absolute atomic E-state index is 6.55. The van der Waals surface area contributed by atoms with Crippen LogP contribution in [0.25, 0.3) is 44.8 Å². The molecule has 4 aromatic carbocycles. The van der Waals surface area contributed by atoms with E-state index in [2.05, 4.69) is 116 Å². The summed E-state index contributed by atoms with van der Waals surface area (Å²) in [4.78, 5) is 5.59. The number of aromatic nitrogens is 1. The van der Waals surface area contributed by atoms with Crippen LogP contribution >= 0.6 is 0 Å². The van der Waals surface area contributed by atoms with Crippen LogP contribution < -0.4 is 9.47 Å². The van der Waals surface area contributed by atoms with Gasteiger partial charge in [0.2, 0.25) is 0 Å². The normalized spacial score (nSPS) is 29.0. The van der Waals surface area contributed by atoms with Crippen LogP contribution in [0.3, 0.4) is 0 Å². The second-order valence-electron chi connectivity index (χ2n) is 21.0. The van der Waals surface area contributed by atoms with Gasteiger partial charge in [0.05, 0.1) is 25.6 Å². The van der Waals surface area contributed by atoms with Gasteiger partial charge in [0.15, 0.2) is 0 Å². The molecule has 0 N–H and O–H groups in total. The Morgan fingerprint density at radius 2 is 0.934 bits per heavy atom. The van der Waals surface area contributed by atoms with E-state index in [0.29, 0.717) is 5.92 Å². The van der Waals surface area contributed by atoms with Gasteiger partial charge in [0, 0.05) is 27.8 Å². The van der Waals surface area contributed by atoms with Gasteiger partial charge >= 0.3 is 32.3 Å². The van der Waals surface area contributed by atoms with Gasteiger partial charge in [0.25, 0.3) is 0 Å². The van der Waals surface area contributed by atoms with Crippen molar-refractivity contribution in [2.75, 3.05) is 14.2 Å². The Bertz CT molecular complexity index is 2400. The average molecular weight is 977 g/mol. The second kappa shape index (κ2) is 16.6. The molecule has 8 saturated carbocycles. The molecular weight excluding hydrogens is 909 g/mol. The SMILES string of the molecule is COc1c(-c2ccc(C)cc2-c2cccc(-c3cc(C)ccc3-c3cc(C)cc(C45CC6CC(CC(C6)C4)C5)c3OC)n2)cc(C)cc1C1C2CC3CC(C2)CC1C3.[CH3][Hf][CH3]. The standard InChI is InChI=1S/C55H61NO2.2CH3.Hf/c1-31-10-12-42(46-16-33(3)18-48(53(46)57-5)52-40-24-35-20-36(26-40)27-41(52)25-35)44(14-31)50-8-7-9-51(56-50)45-15-32(2)11-13-43(45)47-17-34(4)19-49(54(47)58-6)55-28-37-21-38(29-55)23-39(22-37)30-55;;;/h7-19,35-41,52H,20-30H2,1-6H3;2*1H3;. The van der Waals surface area contributed by atoms with Gasteiger partial charge in [-0.25, -0.2) is 4.98 Å². The molecule has 0 spiro atoms. The molecule has 0 saturated heterocycles. The van der Waals surface area contributed by atoms with E-state index in [9.17, 15) is 0 Å². The van der Waals surface area contributed by atoms with Crippen molar-refractivity contribution in [1.82, 2.24) is 4.98 Å². The van der Waals surface area contributed by atoms with E-state index in [0.717, 1.165) is 75.4 Å². The van der Waals surface area contributed by atoms with E-state index >= 15 is 0 Å².